The molecule has 0 spiro atoms. The zero-order valence-corrected chi connectivity index (χ0v) is 14.7. The van der Waals surface area contributed by atoms with E-state index in [4.69, 9.17) is 4.74 Å². The third-order valence-electron chi connectivity index (χ3n) is 4.60. The van der Waals surface area contributed by atoms with Gasteiger partial charge in [0, 0.05) is 19.3 Å². The summed E-state index contributed by atoms with van der Waals surface area (Å²) in [5.41, 5.74) is 1.77. The second kappa shape index (κ2) is 9.37. The number of rotatable bonds is 8. The molecule has 0 atom stereocenters. The summed E-state index contributed by atoms with van der Waals surface area (Å²) in [6.07, 6.45) is 11.0. The molecule has 0 bridgehead atoms. The molecule has 5 heteroatoms. The van der Waals surface area contributed by atoms with Crippen molar-refractivity contribution in [1.29, 1.82) is 0 Å². The molecule has 25 heavy (non-hydrogen) atoms. The summed E-state index contributed by atoms with van der Waals surface area (Å²) >= 11 is 0. The number of hydrogen-bond acceptors (Lipinski definition) is 3. The first-order valence-electron chi connectivity index (χ1n) is 9.27. The minimum atomic E-state index is -0.0722. The number of aromatic nitrogens is 2. The van der Waals surface area contributed by atoms with Gasteiger partial charge in [-0.25, -0.2) is 0 Å². The van der Waals surface area contributed by atoms with Gasteiger partial charge in [-0.2, -0.15) is 5.10 Å². The smallest absolute Gasteiger partial charge is 0.254 e. The molecule has 134 valence electrons. The maximum Gasteiger partial charge on any atom is 0.254 e. The van der Waals surface area contributed by atoms with E-state index in [0.717, 1.165) is 18.6 Å². The molecule has 1 aromatic heterocycles. The highest BCUT2D eigenvalue weighted by Gasteiger charge is 2.13. The van der Waals surface area contributed by atoms with Gasteiger partial charge in [-0.3, -0.25) is 9.48 Å². The van der Waals surface area contributed by atoms with Gasteiger partial charge in [0.1, 0.15) is 0 Å². The van der Waals surface area contributed by atoms with Crippen molar-refractivity contribution in [3.05, 3.63) is 53.9 Å². The van der Waals surface area contributed by atoms with E-state index < -0.39 is 0 Å². The van der Waals surface area contributed by atoms with Crippen LogP contribution >= 0.6 is 0 Å². The van der Waals surface area contributed by atoms with E-state index in [2.05, 4.69) is 10.4 Å². The number of carbonyl (C=O) groups excluding carboxylic acids is 1. The van der Waals surface area contributed by atoms with E-state index in [1.54, 1.807) is 17.1 Å². The highest BCUT2D eigenvalue weighted by Crippen LogP contribution is 2.20. The monoisotopic (exact) mass is 341 g/mol. The lowest BCUT2D eigenvalue weighted by Crippen LogP contribution is -2.26. The average Bonchev–Trinajstić information content (AvgIpc) is 3.11. The summed E-state index contributed by atoms with van der Waals surface area (Å²) in [4.78, 5) is 12.2. The van der Waals surface area contributed by atoms with Crippen molar-refractivity contribution in [1.82, 2.24) is 15.1 Å². The molecule has 1 aliphatic carbocycles. The fourth-order valence-electron chi connectivity index (χ4n) is 3.20. The summed E-state index contributed by atoms with van der Waals surface area (Å²) in [6.45, 7) is 2.02. The van der Waals surface area contributed by atoms with E-state index >= 15 is 0 Å². The zero-order chi connectivity index (χ0) is 17.3. The van der Waals surface area contributed by atoms with E-state index in [0.29, 0.717) is 24.8 Å². The van der Waals surface area contributed by atoms with Gasteiger partial charge >= 0.3 is 0 Å². The maximum atomic E-state index is 12.2. The van der Waals surface area contributed by atoms with Crippen molar-refractivity contribution < 1.29 is 9.53 Å². The Morgan fingerprint density at radius 2 is 2.00 bits per heavy atom. The first-order valence-corrected chi connectivity index (χ1v) is 9.27. The fraction of sp³-hybridized carbons (Fsp3) is 0.500. The third kappa shape index (κ3) is 5.71. The van der Waals surface area contributed by atoms with Crippen LogP contribution < -0.4 is 5.32 Å². The molecule has 5 nitrogen and oxygen atoms in total. The number of carbonyl (C=O) groups is 1. The summed E-state index contributed by atoms with van der Waals surface area (Å²) in [6, 6.07) is 10.1. The van der Waals surface area contributed by atoms with Crippen LogP contribution in [0.25, 0.3) is 0 Å². The molecule has 1 aliphatic rings. The van der Waals surface area contributed by atoms with Gasteiger partial charge in [-0.15, -0.1) is 0 Å². The zero-order valence-electron chi connectivity index (χ0n) is 14.7. The Morgan fingerprint density at radius 1 is 1.20 bits per heavy atom. The highest BCUT2D eigenvalue weighted by molar-refractivity contribution is 5.93. The van der Waals surface area contributed by atoms with Crippen molar-refractivity contribution in [2.45, 2.75) is 51.2 Å². The molecule has 1 N–H and O–H groups in total. The molecular formula is C20H27N3O2. The molecule has 3 rings (SSSR count). The normalized spacial score (nSPS) is 15.2. The van der Waals surface area contributed by atoms with Crippen LogP contribution in [0, 0.1) is 0 Å². The van der Waals surface area contributed by atoms with Crippen LogP contribution in [0.5, 0.6) is 0 Å². The summed E-state index contributed by atoms with van der Waals surface area (Å²) in [5, 5.41) is 7.21. The molecule has 1 amide bonds. The lowest BCUT2D eigenvalue weighted by atomic mass is 9.98. The first kappa shape index (κ1) is 17.7. The molecule has 1 fully saturated rings. The van der Waals surface area contributed by atoms with Crippen molar-refractivity contribution in [3.8, 4) is 0 Å². The number of nitrogens with zero attached hydrogens (tertiary/aromatic N) is 2. The highest BCUT2D eigenvalue weighted by atomic mass is 16.5. The maximum absolute atomic E-state index is 12.2. The van der Waals surface area contributed by atoms with Gasteiger partial charge in [0.15, 0.2) is 0 Å². The predicted molar refractivity (Wildman–Crippen MR) is 97.5 cm³/mol. The lowest BCUT2D eigenvalue weighted by Gasteiger charge is -2.21. The fourth-order valence-corrected chi connectivity index (χ4v) is 3.20. The molecule has 0 saturated heterocycles. The van der Waals surface area contributed by atoms with E-state index in [9.17, 15) is 4.79 Å². The molecule has 1 aromatic carbocycles. The Morgan fingerprint density at radius 3 is 2.80 bits per heavy atom. The predicted octanol–water partition coefficient (Wildman–Crippen LogP) is 3.40. The SMILES string of the molecule is O=C(NCCCOC1CCCCC1)c1cnn(Cc2ccccc2)c1. The van der Waals surface area contributed by atoms with E-state index in [-0.39, 0.29) is 5.91 Å². The Hall–Kier alpha value is -2.14. The summed E-state index contributed by atoms with van der Waals surface area (Å²) in [7, 11) is 0. The molecule has 2 aromatic rings. The second-order valence-electron chi connectivity index (χ2n) is 6.65. The molecule has 0 radical (unpaired) electrons. The van der Waals surface area contributed by atoms with E-state index in [1.165, 1.54) is 32.1 Å². The van der Waals surface area contributed by atoms with Crippen LogP contribution in [0.4, 0.5) is 0 Å². The molecule has 0 aliphatic heterocycles. The van der Waals surface area contributed by atoms with Crippen molar-refractivity contribution in [2.24, 2.45) is 0 Å². The number of amides is 1. The topological polar surface area (TPSA) is 56.1 Å². The van der Waals surface area contributed by atoms with Gasteiger partial charge in [-0.1, -0.05) is 49.6 Å². The first-order chi connectivity index (χ1) is 12.3. The average molecular weight is 341 g/mol. The molecule has 0 unspecified atom stereocenters. The van der Waals surface area contributed by atoms with Gasteiger partial charge in [0.25, 0.3) is 5.91 Å². The lowest BCUT2D eigenvalue weighted by molar-refractivity contribution is 0.0273. The third-order valence-corrected chi connectivity index (χ3v) is 4.60. The van der Waals surface area contributed by atoms with Gasteiger partial charge < -0.3 is 10.1 Å². The Bertz CT molecular complexity index is 648. The van der Waals surface area contributed by atoms with Crippen molar-refractivity contribution >= 4 is 5.91 Å². The molecular weight excluding hydrogens is 314 g/mol. The molecule has 1 heterocycles. The number of ether oxygens (including phenoxy) is 1. The van der Waals surface area contributed by atoms with Gasteiger partial charge in [0.05, 0.1) is 24.4 Å². The number of benzene rings is 1. The Balaban J connectivity index is 1.35. The van der Waals surface area contributed by atoms with Crippen molar-refractivity contribution in [3.63, 3.8) is 0 Å². The second-order valence-corrected chi connectivity index (χ2v) is 6.65. The minimum Gasteiger partial charge on any atom is -0.378 e. The number of nitrogens with one attached hydrogen (secondary N) is 1. The summed E-state index contributed by atoms with van der Waals surface area (Å²) in [5.74, 6) is -0.0722. The summed E-state index contributed by atoms with van der Waals surface area (Å²) < 4.78 is 7.66. The standard InChI is InChI=1S/C20H27N3O2/c24-20(21-12-7-13-25-19-10-5-2-6-11-19)18-14-22-23(16-18)15-17-8-3-1-4-9-17/h1,3-4,8-9,14,16,19H,2,5-7,10-13,15H2,(H,21,24). The van der Waals surface area contributed by atoms with Crippen LogP contribution in [-0.2, 0) is 11.3 Å². The van der Waals surface area contributed by atoms with E-state index in [1.807, 2.05) is 30.3 Å². The quantitative estimate of drug-likeness (QED) is 0.749. The number of hydrogen-bond donors (Lipinski definition) is 1. The van der Waals surface area contributed by atoms with Crippen LogP contribution in [0.2, 0.25) is 0 Å². The Labute approximate surface area is 149 Å². The minimum absolute atomic E-state index is 0.0722. The van der Waals surface area contributed by atoms with Gasteiger partial charge in [0.2, 0.25) is 0 Å². The largest absolute Gasteiger partial charge is 0.378 e. The van der Waals surface area contributed by atoms with Crippen LogP contribution in [-0.4, -0.2) is 34.9 Å². The Kier molecular flexibility index (Phi) is 6.63. The van der Waals surface area contributed by atoms with Gasteiger partial charge in [-0.05, 0) is 24.8 Å². The van der Waals surface area contributed by atoms with Crippen LogP contribution in [0.1, 0.15) is 54.4 Å². The molecule has 1 saturated carbocycles. The van der Waals surface area contributed by atoms with Crippen LogP contribution in [0.3, 0.4) is 0 Å². The van der Waals surface area contributed by atoms with Crippen LogP contribution in [0.15, 0.2) is 42.7 Å². The van der Waals surface area contributed by atoms with Crippen molar-refractivity contribution in [2.75, 3.05) is 13.2 Å².